The predicted octanol–water partition coefficient (Wildman–Crippen LogP) is 2.63. The highest BCUT2D eigenvalue weighted by Gasteiger charge is 2.11. The molecule has 2 aromatic carbocycles. The van der Waals surface area contributed by atoms with Gasteiger partial charge in [0.2, 0.25) is 10.0 Å². The Bertz CT molecular complexity index is 1050. The lowest BCUT2D eigenvalue weighted by atomic mass is 10.2. The summed E-state index contributed by atoms with van der Waals surface area (Å²) in [6.45, 7) is 0.358. The quantitative estimate of drug-likeness (QED) is 0.524. The molecule has 0 atom stereocenters. The molecule has 8 nitrogen and oxygen atoms in total. The van der Waals surface area contributed by atoms with Gasteiger partial charge < -0.3 is 5.32 Å². The highest BCUT2D eigenvalue weighted by atomic mass is 32.2. The average Bonchev–Trinajstić information content (AvgIpc) is 3.10. The molecule has 0 fully saturated rings. The highest BCUT2D eigenvalue weighted by molar-refractivity contribution is 7.92. The Morgan fingerprint density at radius 3 is 2.48 bits per heavy atom. The second-order valence-corrected chi connectivity index (χ2v) is 8.03. The first kappa shape index (κ1) is 20.3. The van der Waals surface area contributed by atoms with Crippen LogP contribution in [-0.4, -0.2) is 36.5 Å². The average molecular weight is 417 g/mol. The van der Waals surface area contributed by atoms with Gasteiger partial charge in [-0.25, -0.2) is 17.6 Å². The molecule has 10 heteroatoms. The van der Waals surface area contributed by atoms with Crippen LogP contribution in [0.25, 0.3) is 0 Å². The summed E-state index contributed by atoms with van der Waals surface area (Å²) in [5.74, 6) is -0.266. The van der Waals surface area contributed by atoms with Crippen molar-refractivity contribution in [3.63, 3.8) is 0 Å². The largest absolute Gasteiger partial charge is 0.337 e. The van der Waals surface area contributed by atoms with Crippen molar-refractivity contribution >= 4 is 27.6 Å². The maximum absolute atomic E-state index is 12.9. The summed E-state index contributed by atoms with van der Waals surface area (Å²) < 4.78 is 41.0. The zero-order valence-electron chi connectivity index (χ0n) is 15.4. The normalized spacial score (nSPS) is 11.1. The van der Waals surface area contributed by atoms with E-state index >= 15 is 0 Å². The molecule has 1 aromatic heterocycles. The van der Waals surface area contributed by atoms with E-state index < -0.39 is 16.1 Å². The summed E-state index contributed by atoms with van der Waals surface area (Å²) in [4.78, 5) is 11.9. The molecule has 3 aromatic rings. The van der Waals surface area contributed by atoms with Crippen LogP contribution in [0.4, 0.5) is 20.7 Å². The van der Waals surface area contributed by atoms with E-state index in [1.165, 1.54) is 12.1 Å². The monoisotopic (exact) mass is 417 g/mol. The number of carbonyl (C=O) groups is 1. The molecule has 0 saturated carbocycles. The molecule has 0 saturated heterocycles. The van der Waals surface area contributed by atoms with Gasteiger partial charge in [0.1, 0.15) is 5.82 Å². The number of sulfonamides is 1. The maximum atomic E-state index is 12.9. The first-order valence-electron chi connectivity index (χ1n) is 8.78. The van der Waals surface area contributed by atoms with Gasteiger partial charge in [0.05, 0.1) is 12.3 Å². The van der Waals surface area contributed by atoms with Crippen LogP contribution in [0.2, 0.25) is 0 Å². The van der Waals surface area contributed by atoms with E-state index in [2.05, 4.69) is 20.5 Å². The topological polar surface area (TPSA) is 105 Å². The van der Waals surface area contributed by atoms with Crippen molar-refractivity contribution < 1.29 is 17.6 Å². The van der Waals surface area contributed by atoms with Crippen LogP contribution in [0.3, 0.4) is 0 Å². The summed E-state index contributed by atoms with van der Waals surface area (Å²) in [6, 6.07) is 15.6. The van der Waals surface area contributed by atoms with Gasteiger partial charge in [0.25, 0.3) is 0 Å². The number of urea groups is 1. The van der Waals surface area contributed by atoms with Crippen LogP contribution in [0.1, 0.15) is 5.56 Å². The van der Waals surface area contributed by atoms with Gasteiger partial charge in [-0.05, 0) is 29.8 Å². The molecule has 0 aliphatic heterocycles. The first-order valence-corrected chi connectivity index (χ1v) is 10.4. The SMILES string of the molecule is O=C(NCCS(=O)(=O)Nc1ccccc1)Nc1ccn(Cc2ccc(F)cc2)n1. The standard InChI is InChI=1S/C19H20FN5O3S/c20-16-8-6-15(7-9-16)14-25-12-10-18(23-25)22-19(26)21-11-13-29(27,28)24-17-4-2-1-3-5-17/h1-10,12,24H,11,13-14H2,(H2,21,22,23,26). The third-order valence-electron chi connectivity index (χ3n) is 3.84. The number of halogens is 1. The minimum atomic E-state index is -3.58. The summed E-state index contributed by atoms with van der Waals surface area (Å²) >= 11 is 0. The van der Waals surface area contributed by atoms with E-state index in [9.17, 15) is 17.6 Å². The zero-order chi connectivity index (χ0) is 20.7. The molecule has 152 valence electrons. The second kappa shape index (κ2) is 9.20. The van der Waals surface area contributed by atoms with Crippen LogP contribution in [-0.2, 0) is 16.6 Å². The van der Waals surface area contributed by atoms with Crippen molar-refractivity contribution in [2.45, 2.75) is 6.54 Å². The second-order valence-electron chi connectivity index (χ2n) is 6.19. The predicted molar refractivity (Wildman–Crippen MR) is 109 cm³/mol. The fourth-order valence-corrected chi connectivity index (χ4v) is 3.46. The Labute approximate surface area is 167 Å². The number of nitrogens with one attached hydrogen (secondary N) is 3. The van der Waals surface area contributed by atoms with E-state index in [-0.39, 0.29) is 18.1 Å². The number of anilines is 2. The number of hydrogen-bond acceptors (Lipinski definition) is 4. The van der Waals surface area contributed by atoms with E-state index in [4.69, 9.17) is 0 Å². The van der Waals surface area contributed by atoms with E-state index in [0.717, 1.165) is 5.56 Å². The van der Waals surface area contributed by atoms with E-state index in [1.54, 1.807) is 59.4 Å². The van der Waals surface area contributed by atoms with Gasteiger partial charge in [-0.15, -0.1) is 0 Å². The van der Waals surface area contributed by atoms with Gasteiger partial charge >= 0.3 is 6.03 Å². The van der Waals surface area contributed by atoms with E-state index in [1.807, 2.05) is 0 Å². The third kappa shape index (κ3) is 6.61. The molecule has 0 aliphatic carbocycles. The van der Waals surface area contributed by atoms with Gasteiger partial charge in [-0.3, -0.25) is 14.7 Å². The van der Waals surface area contributed by atoms with Crippen LogP contribution >= 0.6 is 0 Å². The fraction of sp³-hybridized carbons (Fsp3) is 0.158. The Hall–Kier alpha value is -3.40. The van der Waals surface area contributed by atoms with E-state index in [0.29, 0.717) is 18.1 Å². The number of hydrogen-bond donors (Lipinski definition) is 3. The smallest absolute Gasteiger partial charge is 0.320 e. The molecule has 0 aliphatic rings. The lowest BCUT2D eigenvalue weighted by Crippen LogP contribution is -2.34. The summed E-state index contributed by atoms with van der Waals surface area (Å²) in [5, 5.41) is 9.22. The number of rotatable bonds is 8. The molecule has 2 amide bonds. The van der Waals surface area contributed by atoms with Crippen LogP contribution in [0.5, 0.6) is 0 Å². The Kier molecular flexibility index (Phi) is 6.45. The summed E-state index contributed by atoms with van der Waals surface area (Å²) in [6.07, 6.45) is 1.67. The molecule has 3 N–H and O–H groups in total. The number of nitrogens with zero attached hydrogens (tertiary/aromatic N) is 2. The number of para-hydroxylation sites is 1. The minimum absolute atomic E-state index is 0.0652. The van der Waals surface area contributed by atoms with Gasteiger partial charge in [-0.1, -0.05) is 30.3 Å². The van der Waals surface area contributed by atoms with Gasteiger partial charge in [0.15, 0.2) is 5.82 Å². The first-order chi connectivity index (χ1) is 13.9. The highest BCUT2D eigenvalue weighted by Crippen LogP contribution is 2.09. The molecular formula is C19H20FN5O3S. The molecule has 29 heavy (non-hydrogen) atoms. The van der Waals surface area contributed by atoms with Crippen molar-refractivity contribution in [2.75, 3.05) is 22.3 Å². The van der Waals surface area contributed by atoms with Crippen molar-refractivity contribution in [1.29, 1.82) is 0 Å². The molecule has 0 unspecified atom stereocenters. The van der Waals surface area contributed by atoms with Crippen molar-refractivity contribution in [1.82, 2.24) is 15.1 Å². The number of aromatic nitrogens is 2. The Morgan fingerprint density at radius 1 is 1.03 bits per heavy atom. The van der Waals surface area contributed by atoms with Crippen molar-refractivity contribution in [3.05, 3.63) is 78.2 Å². The zero-order valence-corrected chi connectivity index (χ0v) is 16.2. The lowest BCUT2D eigenvalue weighted by Gasteiger charge is -2.09. The molecule has 0 radical (unpaired) electrons. The summed E-state index contributed by atoms with van der Waals surface area (Å²) in [7, 11) is -3.58. The van der Waals surface area contributed by atoms with Gasteiger partial charge in [0, 0.05) is 24.5 Å². The van der Waals surface area contributed by atoms with Crippen molar-refractivity contribution in [2.24, 2.45) is 0 Å². The number of amides is 2. The molecule has 3 rings (SSSR count). The molecule has 0 bridgehead atoms. The van der Waals surface area contributed by atoms with Gasteiger partial charge in [-0.2, -0.15) is 5.10 Å². The van der Waals surface area contributed by atoms with Crippen LogP contribution < -0.4 is 15.4 Å². The Morgan fingerprint density at radius 2 is 1.76 bits per heavy atom. The summed E-state index contributed by atoms with van der Waals surface area (Å²) in [5.41, 5.74) is 1.32. The van der Waals surface area contributed by atoms with Crippen molar-refractivity contribution in [3.8, 4) is 0 Å². The maximum Gasteiger partial charge on any atom is 0.320 e. The number of benzene rings is 2. The Balaban J connectivity index is 1.44. The fourth-order valence-electron chi connectivity index (χ4n) is 2.49. The third-order valence-corrected chi connectivity index (χ3v) is 5.13. The minimum Gasteiger partial charge on any atom is -0.337 e. The lowest BCUT2D eigenvalue weighted by molar-refractivity contribution is 0.252. The number of carbonyl (C=O) groups excluding carboxylic acids is 1. The van der Waals surface area contributed by atoms with Crippen LogP contribution in [0, 0.1) is 5.82 Å². The molecule has 0 spiro atoms. The van der Waals surface area contributed by atoms with Crippen LogP contribution in [0.15, 0.2) is 66.9 Å². The molecular weight excluding hydrogens is 397 g/mol. The molecule has 1 heterocycles.